The third kappa shape index (κ3) is 4.50. The van der Waals surface area contributed by atoms with Gasteiger partial charge in [0.2, 0.25) is 0 Å². The molecule has 1 unspecified atom stereocenters. The fourth-order valence-corrected chi connectivity index (χ4v) is 3.85. The number of carboxylic acids is 1. The number of hydrogen-bond acceptors (Lipinski definition) is 3. The number of carboxylic acid groups (broad SMARTS) is 1. The molecule has 0 bridgehead atoms. The van der Waals surface area contributed by atoms with E-state index in [-0.39, 0.29) is 17.8 Å². The molecule has 1 aliphatic rings. The van der Waals surface area contributed by atoms with E-state index < -0.39 is 12.6 Å². The topological polar surface area (TPSA) is 66.8 Å². The molecule has 2 aromatic carbocycles. The van der Waals surface area contributed by atoms with Gasteiger partial charge in [-0.15, -0.1) is 0 Å². The summed E-state index contributed by atoms with van der Waals surface area (Å²) < 4.78 is 18.8. The van der Waals surface area contributed by atoms with Crippen LogP contribution in [0.2, 0.25) is 0 Å². The number of hydrogen-bond donors (Lipinski definition) is 1. The van der Waals surface area contributed by atoms with E-state index in [1.165, 1.54) is 12.1 Å². The van der Waals surface area contributed by atoms with Crippen LogP contribution < -0.4 is 4.74 Å². The van der Waals surface area contributed by atoms with Gasteiger partial charge in [0.05, 0.1) is 0 Å². The van der Waals surface area contributed by atoms with Gasteiger partial charge in [0.15, 0.2) is 6.61 Å². The standard InChI is InChI=1S/C22H24FNO4/c1-14-9-17(10-15(2)21(14)28-13-20(25)26)22(27)24-8-4-7-19(24)12-16-5-3-6-18(23)11-16/h3,5-6,9-11,19H,4,7-8,12-13H2,1-2H3,(H,25,26). The molecule has 1 fully saturated rings. The maximum absolute atomic E-state index is 13.5. The summed E-state index contributed by atoms with van der Waals surface area (Å²) in [5, 5.41) is 8.80. The molecular weight excluding hydrogens is 361 g/mol. The molecule has 2 aromatic rings. The summed E-state index contributed by atoms with van der Waals surface area (Å²) >= 11 is 0. The maximum Gasteiger partial charge on any atom is 0.341 e. The van der Waals surface area contributed by atoms with E-state index in [4.69, 9.17) is 9.84 Å². The van der Waals surface area contributed by atoms with Gasteiger partial charge in [-0.25, -0.2) is 9.18 Å². The SMILES string of the molecule is Cc1cc(C(=O)N2CCCC2Cc2cccc(F)c2)cc(C)c1OCC(=O)O. The largest absolute Gasteiger partial charge is 0.481 e. The van der Waals surface area contributed by atoms with E-state index in [1.54, 1.807) is 32.0 Å². The molecule has 1 amide bonds. The molecule has 1 N–H and O–H groups in total. The van der Waals surface area contributed by atoms with Crippen molar-refractivity contribution in [3.8, 4) is 5.75 Å². The number of amides is 1. The number of carbonyl (C=O) groups is 2. The number of carbonyl (C=O) groups excluding carboxylic acids is 1. The molecule has 28 heavy (non-hydrogen) atoms. The lowest BCUT2D eigenvalue weighted by Gasteiger charge is -2.25. The van der Waals surface area contributed by atoms with Gasteiger partial charge < -0.3 is 14.7 Å². The van der Waals surface area contributed by atoms with Crippen LogP contribution in [0.4, 0.5) is 4.39 Å². The van der Waals surface area contributed by atoms with Gasteiger partial charge in [0.1, 0.15) is 11.6 Å². The second-order valence-corrected chi connectivity index (χ2v) is 7.25. The van der Waals surface area contributed by atoms with Gasteiger partial charge >= 0.3 is 5.97 Å². The predicted molar refractivity (Wildman–Crippen MR) is 103 cm³/mol. The average molecular weight is 385 g/mol. The molecule has 1 heterocycles. The highest BCUT2D eigenvalue weighted by atomic mass is 19.1. The van der Waals surface area contributed by atoms with Crippen LogP contribution in [0.5, 0.6) is 5.75 Å². The van der Waals surface area contributed by atoms with Gasteiger partial charge in [-0.1, -0.05) is 12.1 Å². The van der Waals surface area contributed by atoms with Crippen LogP contribution >= 0.6 is 0 Å². The van der Waals surface area contributed by atoms with E-state index in [9.17, 15) is 14.0 Å². The minimum atomic E-state index is -1.05. The van der Waals surface area contributed by atoms with Crippen molar-refractivity contribution < 1.29 is 23.8 Å². The molecule has 5 nitrogen and oxygen atoms in total. The summed E-state index contributed by atoms with van der Waals surface area (Å²) in [4.78, 5) is 25.7. The van der Waals surface area contributed by atoms with Crippen molar-refractivity contribution in [3.63, 3.8) is 0 Å². The quantitative estimate of drug-likeness (QED) is 0.822. The maximum atomic E-state index is 13.5. The number of aliphatic carboxylic acids is 1. The first-order chi connectivity index (χ1) is 13.3. The summed E-state index contributed by atoms with van der Waals surface area (Å²) in [6.45, 7) is 3.86. The zero-order valence-corrected chi connectivity index (χ0v) is 16.1. The Balaban J connectivity index is 1.77. The molecule has 3 rings (SSSR count). The van der Waals surface area contributed by atoms with Crippen molar-refractivity contribution in [3.05, 3.63) is 64.5 Å². The third-order valence-electron chi connectivity index (χ3n) is 5.05. The molecular formula is C22H24FNO4. The Kier molecular flexibility index (Phi) is 5.97. The lowest BCUT2D eigenvalue weighted by molar-refractivity contribution is -0.139. The van der Waals surface area contributed by atoms with Crippen LogP contribution in [0.15, 0.2) is 36.4 Å². The van der Waals surface area contributed by atoms with E-state index in [1.807, 2.05) is 11.0 Å². The first-order valence-electron chi connectivity index (χ1n) is 9.36. The highest BCUT2D eigenvalue weighted by Crippen LogP contribution is 2.28. The first-order valence-corrected chi connectivity index (χ1v) is 9.36. The Labute approximate surface area is 163 Å². The molecule has 0 spiro atoms. The summed E-state index contributed by atoms with van der Waals surface area (Å²) in [6.07, 6.45) is 2.44. The van der Waals surface area contributed by atoms with Gasteiger partial charge in [-0.05, 0) is 74.1 Å². The van der Waals surface area contributed by atoms with Gasteiger partial charge in [-0.3, -0.25) is 4.79 Å². The lowest BCUT2D eigenvalue weighted by atomic mass is 10.0. The summed E-state index contributed by atoms with van der Waals surface area (Å²) in [6, 6.07) is 10.0. The monoisotopic (exact) mass is 385 g/mol. The average Bonchev–Trinajstić information content (AvgIpc) is 3.08. The van der Waals surface area contributed by atoms with Crippen molar-refractivity contribution in [2.75, 3.05) is 13.2 Å². The zero-order valence-electron chi connectivity index (χ0n) is 16.1. The van der Waals surface area contributed by atoms with Crippen LogP contribution in [0, 0.1) is 19.7 Å². The minimum Gasteiger partial charge on any atom is -0.481 e. The number of likely N-dealkylation sites (tertiary alicyclic amines) is 1. The zero-order chi connectivity index (χ0) is 20.3. The van der Waals surface area contributed by atoms with Crippen molar-refractivity contribution in [2.45, 2.75) is 39.2 Å². The van der Waals surface area contributed by atoms with Crippen molar-refractivity contribution in [1.82, 2.24) is 4.90 Å². The van der Waals surface area contributed by atoms with Crippen molar-refractivity contribution in [1.29, 1.82) is 0 Å². The fourth-order valence-electron chi connectivity index (χ4n) is 3.85. The Morgan fingerprint density at radius 1 is 1.21 bits per heavy atom. The van der Waals surface area contributed by atoms with Gasteiger partial charge in [-0.2, -0.15) is 0 Å². The Bertz CT molecular complexity index is 873. The fraction of sp³-hybridized carbons (Fsp3) is 0.364. The van der Waals surface area contributed by atoms with Crippen LogP contribution in [-0.2, 0) is 11.2 Å². The molecule has 0 saturated carbocycles. The van der Waals surface area contributed by atoms with Gasteiger partial charge in [0, 0.05) is 18.2 Å². The summed E-state index contributed by atoms with van der Waals surface area (Å²) in [7, 11) is 0. The molecule has 0 aromatic heterocycles. The smallest absolute Gasteiger partial charge is 0.341 e. The van der Waals surface area contributed by atoms with Crippen molar-refractivity contribution in [2.24, 2.45) is 0 Å². The van der Waals surface area contributed by atoms with Crippen LogP contribution in [0.1, 0.15) is 39.9 Å². The van der Waals surface area contributed by atoms with E-state index in [0.717, 1.165) is 29.5 Å². The molecule has 148 valence electrons. The molecule has 6 heteroatoms. The van der Waals surface area contributed by atoms with E-state index >= 15 is 0 Å². The number of nitrogens with zero attached hydrogens (tertiary/aromatic N) is 1. The normalized spacial score (nSPS) is 16.2. The van der Waals surface area contributed by atoms with Crippen LogP contribution in [-0.4, -0.2) is 41.1 Å². The van der Waals surface area contributed by atoms with Crippen LogP contribution in [0.3, 0.4) is 0 Å². The predicted octanol–water partition coefficient (Wildman–Crippen LogP) is 3.75. The third-order valence-corrected chi connectivity index (χ3v) is 5.05. The molecule has 1 saturated heterocycles. The lowest BCUT2D eigenvalue weighted by Crippen LogP contribution is -2.37. The Hall–Kier alpha value is -2.89. The number of ether oxygens (including phenoxy) is 1. The number of halogens is 1. The van der Waals surface area contributed by atoms with Crippen molar-refractivity contribution >= 4 is 11.9 Å². The highest BCUT2D eigenvalue weighted by molar-refractivity contribution is 5.95. The van der Waals surface area contributed by atoms with Gasteiger partial charge in [0.25, 0.3) is 5.91 Å². The molecule has 1 atom stereocenters. The Morgan fingerprint density at radius 2 is 1.93 bits per heavy atom. The summed E-state index contributed by atoms with van der Waals surface area (Å²) in [5.41, 5.74) is 2.90. The minimum absolute atomic E-state index is 0.0397. The number of aryl methyl sites for hydroxylation is 2. The van der Waals surface area contributed by atoms with E-state index in [2.05, 4.69) is 0 Å². The van der Waals surface area contributed by atoms with Crippen LogP contribution in [0.25, 0.3) is 0 Å². The second kappa shape index (κ2) is 8.42. The summed E-state index contributed by atoms with van der Waals surface area (Å²) in [5.74, 6) is -0.876. The molecule has 0 aliphatic carbocycles. The number of benzene rings is 2. The first kappa shape index (κ1) is 19.9. The second-order valence-electron chi connectivity index (χ2n) is 7.25. The highest BCUT2D eigenvalue weighted by Gasteiger charge is 2.30. The van der Waals surface area contributed by atoms with E-state index in [0.29, 0.717) is 24.3 Å². The Morgan fingerprint density at radius 3 is 2.57 bits per heavy atom. The molecule has 1 aliphatic heterocycles. The molecule has 0 radical (unpaired) electrons. The number of rotatable bonds is 6.